The van der Waals surface area contributed by atoms with Gasteiger partial charge in [-0.3, -0.25) is 4.79 Å². The molecule has 94 valence electrons. The number of hydrazine groups is 1. The Hall–Kier alpha value is -1.34. The summed E-state index contributed by atoms with van der Waals surface area (Å²) in [6.07, 6.45) is 2.16. The van der Waals surface area contributed by atoms with Crippen LogP contribution in [0.2, 0.25) is 0 Å². The number of carbonyl (C=O) groups is 1. The molecule has 0 fully saturated rings. The van der Waals surface area contributed by atoms with Crippen molar-refractivity contribution in [2.75, 3.05) is 17.8 Å². The molecule has 0 saturated heterocycles. The van der Waals surface area contributed by atoms with Crippen LogP contribution in [0, 0.1) is 0 Å². The summed E-state index contributed by atoms with van der Waals surface area (Å²) in [5.41, 5.74) is 3.43. The zero-order chi connectivity index (χ0) is 12.7. The number of hydrogen-bond acceptors (Lipinski definition) is 7. The predicted octanol–water partition coefficient (Wildman–Crippen LogP) is 0.980. The highest BCUT2D eigenvalue weighted by Gasteiger charge is 2.11. The largest absolute Gasteiger partial charge is 0.465 e. The molecule has 0 spiro atoms. The first kappa shape index (κ1) is 13.7. The van der Waals surface area contributed by atoms with Gasteiger partial charge in [-0.05, 0) is 13.3 Å². The summed E-state index contributed by atoms with van der Waals surface area (Å²) in [6.45, 7) is 4.15. The molecule has 0 bridgehead atoms. The van der Waals surface area contributed by atoms with Crippen molar-refractivity contribution >= 4 is 23.5 Å². The van der Waals surface area contributed by atoms with Crippen LogP contribution in [0.4, 0.5) is 5.82 Å². The number of rotatable bonds is 6. The van der Waals surface area contributed by atoms with E-state index in [9.17, 15) is 4.79 Å². The van der Waals surface area contributed by atoms with Gasteiger partial charge in [0.25, 0.3) is 0 Å². The fourth-order valence-corrected chi connectivity index (χ4v) is 2.17. The predicted molar refractivity (Wildman–Crippen MR) is 66.6 cm³/mol. The third-order valence-corrected chi connectivity index (χ3v) is 3.03. The number of ether oxygens (including phenoxy) is 1. The molecule has 0 aliphatic heterocycles. The lowest BCUT2D eigenvalue weighted by Gasteiger charge is -2.09. The van der Waals surface area contributed by atoms with Crippen LogP contribution in [-0.4, -0.2) is 28.3 Å². The Morgan fingerprint density at radius 3 is 2.88 bits per heavy atom. The van der Waals surface area contributed by atoms with Gasteiger partial charge in [-0.1, -0.05) is 18.7 Å². The molecule has 0 unspecified atom stereocenters. The van der Waals surface area contributed by atoms with Crippen molar-refractivity contribution in [2.45, 2.75) is 25.3 Å². The summed E-state index contributed by atoms with van der Waals surface area (Å²) in [5, 5.41) is 0.753. The van der Waals surface area contributed by atoms with E-state index in [1.165, 1.54) is 18.1 Å². The Kier molecular flexibility index (Phi) is 5.71. The summed E-state index contributed by atoms with van der Waals surface area (Å²) in [5.74, 6) is 5.94. The van der Waals surface area contributed by atoms with E-state index in [2.05, 4.69) is 15.4 Å². The van der Waals surface area contributed by atoms with Crippen molar-refractivity contribution in [3.63, 3.8) is 0 Å². The molecule has 0 atom stereocenters. The summed E-state index contributed by atoms with van der Waals surface area (Å²) in [6, 6.07) is 0. The van der Waals surface area contributed by atoms with Gasteiger partial charge in [0.2, 0.25) is 0 Å². The molecule has 17 heavy (non-hydrogen) atoms. The minimum atomic E-state index is -0.250. The molecule has 0 saturated carbocycles. The van der Waals surface area contributed by atoms with Gasteiger partial charge in [-0.15, -0.1) is 0 Å². The smallest absolute Gasteiger partial charge is 0.316 e. The molecule has 1 heterocycles. The molecular formula is C10H16N4O2S. The van der Waals surface area contributed by atoms with Gasteiger partial charge < -0.3 is 10.2 Å². The van der Waals surface area contributed by atoms with E-state index in [1.54, 1.807) is 6.92 Å². The Balaban J connectivity index is 2.73. The lowest BCUT2D eigenvalue weighted by atomic mass is 10.2. The van der Waals surface area contributed by atoms with Crippen LogP contribution in [0.25, 0.3) is 0 Å². The van der Waals surface area contributed by atoms with Crippen molar-refractivity contribution in [1.29, 1.82) is 0 Å². The molecule has 0 radical (unpaired) electrons. The molecule has 0 aliphatic carbocycles. The summed E-state index contributed by atoms with van der Waals surface area (Å²) in [4.78, 5) is 19.4. The number of nitrogen functional groups attached to an aromatic ring is 1. The molecule has 0 aliphatic rings. The zero-order valence-electron chi connectivity index (χ0n) is 9.90. The fourth-order valence-electron chi connectivity index (χ4n) is 1.29. The van der Waals surface area contributed by atoms with E-state index in [4.69, 9.17) is 10.6 Å². The number of nitrogens with one attached hydrogen (secondary N) is 1. The average Bonchev–Trinajstić information content (AvgIpc) is 2.36. The summed E-state index contributed by atoms with van der Waals surface area (Å²) < 4.78 is 4.85. The lowest BCUT2D eigenvalue weighted by Crippen LogP contribution is -2.13. The van der Waals surface area contributed by atoms with E-state index < -0.39 is 0 Å². The Morgan fingerprint density at radius 1 is 1.53 bits per heavy atom. The molecule has 7 heteroatoms. The highest BCUT2D eigenvalue weighted by Crippen LogP contribution is 2.24. The van der Waals surface area contributed by atoms with Gasteiger partial charge in [0.05, 0.1) is 12.4 Å². The minimum Gasteiger partial charge on any atom is -0.465 e. The molecule has 0 aromatic carbocycles. The van der Waals surface area contributed by atoms with Crippen LogP contribution >= 0.6 is 11.8 Å². The second kappa shape index (κ2) is 7.08. The summed E-state index contributed by atoms with van der Waals surface area (Å²) in [7, 11) is 0. The van der Waals surface area contributed by atoms with Gasteiger partial charge in [0, 0.05) is 5.56 Å². The first-order chi connectivity index (χ1) is 8.22. The number of aromatic nitrogens is 2. The molecule has 6 nitrogen and oxygen atoms in total. The van der Waals surface area contributed by atoms with Crippen molar-refractivity contribution in [3.8, 4) is 0 Å². The minimum absolute atomic E-state index is 0.238. The fraction of sp³-hybridized carbons (Fsp3) is 0.500. The number of nitrogens with zero attached hydrogens (tertiary/aromatic N) is 2. The number of nitrogens with two attached hydrogens (primary N) is 1. The number of hydrogen-bond donors (Lipinski definition) is 2. The van der Waals surface area contributed by atoms with Gasteiger partial charge in [-0.25, -0.2) is 15.8 Å². The maximum absolute atomic E-state index is 11.2. The van der Waals surface area contributed by atoms with Crippen LogP contribution < -0.4 is 11.3 Å². The monoisotopic (exact) mass is 256 g/mol. The summed E-state index contributed by atoms with van der Waals surface area (Å²) >= 11 is 1.33. The van der Waals surface area contributed by atoms with Crippen molar-refractivity contribution in [3.05, 3.63) is 11.9 Å². The molecular weight excluding hydrogens is 240 g/mol. The topological polar surface area (TPSA) is 90.1 Å². The molecule has 0 amide bonds. The SMILES string of the molecule is CCOC(=O)CSc1ncnc(NN)c1CC. The maximum atomic E-state index is 11.2. The number of carbonyl (C=O) groups excluding carboxylic acids is 1. The number of anilines is 1. The second-order valence-electron chi connectivity index (χ2n) is 3.10. The van der Waals surface area contributed by atoms with Crippen LogP contribution in [0.1, 0.15) is 19.4 Å². The van der Waals surface area contributed by atoms with E-state index in [1.807, 2.05) is 6.92 Å². The van der Waals surface area contributed by atoms with Crippen molar-refractivity contribution in [2.24, 2.45) is 5.84 Å². The third-order valence-electron chi connectivity index (χ3n) is 2.03. The van der Waals surface area contributed by atoms with Crippen molar-refractivity contribution in [1.82, 2.24) is 9.97 Å². The second-order valence-corrected chi connectivity index (χ2v) is 4.06. The standard InChI is InChI=1S/C10H16N4O2S/c1-3-7-9(14-11)12-6-13-10(7)17-5-8(15)16-4-2/h6H,3-5,11H2,1-2H3,(H,12,13,14). The number of thioether (sulfide) groups is 1. The van der Waals surface area contributed by atoms with E-state index in [0.29, 0.717) is 12.4 Å². The quantitative estimate of drug-likeness (QED) is 0.258. The van der Waals surface area contributed by atoms with Crippen LogP contribution in [0.3, 0.4) is 0 Å². The normalized spacial score (nSPS) is 10.1. The van der Waals surface area contributed by atoms with E-state index in [-0.39, 0.29) is 11.7 Å². The number of esters is 1. The zero-order valence-corrected chi connectivity index (χ0v) is 10.7. The molecule has 1 aromatic rings. The molecule has 3 N–H and O–H groups in total. The van der Waals surface area contributed by atoms with E-state index >= 15 is 0 Å². The average molecular weight is 256 g/mol. The Labute approximate surface area is 104 Å². The Morgan fingerprint density at radius 2 is 2.29 bits per heavy atom. The van der Waals surface area contributed by atoms with Gasteiger partial charge in [0.15, 0.2) is 0 Å². The highest BCUT2D eigenvalue weighted by molar-refractivity contribution is 7.99. The van der Waals surface area contributed by atoms with Crippen molar-refractivity contribution < 1.29 is 9.53 Å². The third kappa shape index (κ3) is 3.86. The van der Waals surface area contributed by atoms with Crippen LogP contribution in [0.5, 0.6) is 0 Å². The highest BCUT2D eigenvalue weighted by atomic mass is 32.2. The lowest BCUT2D eigenvalue weighted by molar-refractivity contribution is -0.139. The van der Waals surface area contributed by atoms with Crippen LogP contribution in [0.15, 0.2) is 11.4 Å². The van der Waals surface area contributed by atoms with Gasteiger partial charge >= 0.3 is 5.97 Å². The first-order valence-corrected chi connectivity index (χ1v) is 6.30. The van der Waals surface area contributed by atoms with Gasteiger partial charge in [0.1, 0.15) is 17.2 Å². The molecule has 1 aromatic heterocycles. The maximum Gasteiger partial charge on any atom is 0.316 e. The van der Waals surface area contributed by atoms with E-state index in [0.717, 1.165) is 17.0 Å². The molecule has 1 rings (SSSR count). The Bertz CT molecular complexity index is 387. The van der Waals surface area contributed by atoms with Gasteiger partial charge in [-0.2, -0.15) is 0 Å². The van der Waals surface area contributed by atoms with Crippen LogP contribution in [-0.2, 0) is 16.0 Å². The first-order valence-electron chi connectivity index (χ1n) is 5.31.